The molecule has 1 aromatic carbocycles. The molecule has 0 bridgehead atoms. The zero-order valence-electron chi connectivity index (χ0n) is 11.5. The first kappa shape index (κ1) is 14.5. The van der Waals surface area contributed by atoms with Crippen molar-refractivity contribution in [3.63, 3.8) is 0 Å². The lowest BCUT2D eigenvalue weighted by Crippen LogP contribution is -2.57. The zero-order chi connectivity index (χ0) is 15.0. The third-order valence-electron chi connectivity index (χ3n) is 4.70. The number of benzene rings is 1. The zero-order valence-corrected chi connectivity index (χ0v) is 13.1. The van der Waals surface area contributed by atoms with Crippen LogP contribution in [0.15, 0.2) is 22.7 Å². The highest BCUT2D eigenvalue weighted by atomic mass is 79.9. The van der Waals surface area contributed by atoms with Gasteiger partial charge in [-0.05, 0) is 34.8 Å². The first-order valence-corrected chi connectivity index (χ1v) is 7.97. The highest BCUT2D eigenvalue weighted by Crippen LogP contribution is 2.51. The number of halogens is 1. The summed E-state index contributed by atoms with van der Waals surface area (Å²) in [5.41, 5.74) is -0.363. The third-order valence-corrected chi connectivity index (χ3v) is 5.49. The first-order chi connectivity index (χ1) is 10.0. The SMILES string of the molecule is O=C1CC(Oc2cccc([N+](=O)[O-])c2Br)C12CCCCC2. The molecule has 2 fully saturated rings. The standard InChI is InChI=1S/C15H16BrNO4/c16-14-10(17(19)20)5-4-6-11(14)21-13-9-12(18)15(13)7-2-1-3-8-15/h4-6,13H,1-3,7-9H2. The van der Waals surface area contributed by atoms with Crippen LogP contribution >= 0.6 is 15.9 Å². The summed E-state index contributed by atoms with van der Waals surface area (Å²) in [6, 6.07) is 4.74. The molecule has 3 rings (SSSR count). The van der Waals surface area contributed by atoms with E-state index in [1.807, 2.05) is 0 Å². The number of ketones is 1. The Kier molecular flexibility index (Phi) is 3.73. The fourth-order valence-electron chi connectivity index (χ4n) is 3.44. The van der Waals surface area contributed by atoms with E-state index in [4.69, 9.17) is 4.74 Å². The van der Waals surface area contributed by atoms with Crippen LogP contribution in [-0.4, -0.2) is 16.8 Å². The second kappa shape index (κ2) is 5.40. The number of nitro benzene ring substituents is 1. The summed E-state index contributed by atoms with van der Waals surface area (Å²) < 4.78 is 6.31. The van der Waals surface area contributed by atoms with E-state index in [1.165, 1.54) is 12.5 Å². The van der Waals surface area contributed by atoms with Crippen molar-refractivity contribution in [2.24, 2.45) is 5.41 Å². The van der Waals surface area contributed by atoms with Crippen molar-refractivity contribution in [1.29, 1.82) is 0 Å². The fourth-order valence-corrected chi connectivity index (χ4v) is 3.94. The predicted octanol–water partition coefficient (Wildman–Crippen LogP) is 4.03. The molecule has 0 amide bonds. The largest absolute Gasteiger partial charge is 0.487 e. The molecule has 0 aromatic heterocycles. The summed E-state index contributed by atoms with van der Waals surface area (Å²) >= 11 is 3.24. The Hall–Kier alpha value is -1.43. The molecule has 1 spiro atoms. The number of Topliss-reactive ketones (excluding diaryl/α,β-unsaturated/α-hetero) is 1. The van der Waals surface area contributed by atoms with E-state index >= 15 is 0 Å². The number of ether oxygens (including phenoxy) is 1. The van der Waals surface area contributed by atoms with E-state index in [2.05, 4.69) is 15.9 Å². The van der Waals surface area contributed by atoms with Gasteiger partial charge in [-0.2, -0.15) is 0 Å². The molecule has 0 heterocycles. The number of rotatable bonds is 3. The second-order valence-corrected chi connectivity index (χ2v) is 6.59. The Balaban J connectivity index is 1.83. The number of hydrogen-bond donors (Lipinski definition) is 0. The van der Waals surface area contributed by atoms with Crippen LogP contribution in [0.5, 0.6) is 5.75 Å². The van der Waals surface area contributed by atoms with E-state index < -0.39 is 4.92 Å². The normalized spacial score (nSPS) is 23.7. The first-order valence-electron chi connectivity index (χ1n) is 7.17. The molecule has 1 unspecified atom stereocenters. The Labute approximate surface area is 130 Å². The van der Waals surface area contributed by atoms with Gasteiger partial charge in [-0.25, -0.2) is 0 Å². The Bertz CT molecular complexity index is 595. The van der Waals surface area contributed by atoms with Crippen molar-refractivity contribution in [2.45, 2.75) is 44.6 Å². The van der Waals surface area contributed by atoms with Crippen LogP contribution in [0.25, 0.3) is 0 Å². The summed E-state index contributed by atoms with van der Waals surface area (Å²) in [4.78, 5) is 22.6. The van der Waals surface area contributed by atoms with Gasteiger partial charge in [0.2, 0.25) is 0 Å². The lowest BCUT2D eigenvalue weighted by Gasteiger charge is -2.49. The maximum Gasteiger partial charge on any atom is 0.287 e. The maximum atomic E-state index is 12.1. The van der Waals surface area contributed by atoms with Crippen LogP contribution in [0.1, 0.15) is 38.5 Å². The lowest BCUT2D eigenvalue weighted by atomic mass is 9.57. The van der Waals surface area contributed by atoms with Crippen molar-refractivity contribution in [3.05, 3.63) is 32.8 Å². The van der Waals surface area contributed by atoms with Gasteiger partial charge in [0, 0.05) is 12.5 Å². The molecular weight excluding hydrogens is 338 g/mol. The molecule has 6 heteroatoms. The van der Waals surface area contributed by atoms with Crippen molar-refractivity contribution in [1.82, 2.24) is 0 Å². The van der Waals surface area contributed by atoms with Gasteiger partial charge in [-0.15, -0.1) is 0 Å². The van der Waals surface area contributed by atoms with Crippen LogP contribution in [-0.2, 0) is 4.79 Å². The van der Waals surface area contributed by atoms with E-state index in [0.29, 0.717) is 16.6 Å². The van der Waals surface area contributed by atoms with Crippen molar-refractivity contribution < 1.29 is 14.5 Å². The van der Waals surface area contributed by atoms with Gasteiger partial charge in [-0.3, -0.25) is 14.9 Å². The lowest BCUT2D eigenvalue weighted by molar-refractivity contribution is -0.385. The number of nitrogens with zero attached hydrogens (tertiary/aromatic N) is 1. The van der Waals surface area contributed by atoms with Crippen molar-refractivity contribution in [3.8, 4) is 5.75 Å². The van der Waals surface area contributed by atoms with Gasteiger partial charge in [0.1, 0.15) is 22.1 Å². The monoisotopic (exact) mass is 353 g/mol. The average Bonchev–Trinajstić information content (AvgIpc) is 2.49. The minimum absolute atomic E-state index is 0.0177. The number of nitro groups is 1. The van der Waals surface area contributed by atoms with Crippen LogP contribution in [0.3, 0.4) is 0 Å². The molecule has 0 radical (unpaired) electrons. The molecule has 2 saturated carbocycles. The average molecular weight is 354 g/mol. The highest BCUT2D eigenvalue weighted by molar-refractivity contribution is 9.10. The van der Waals surface area contributed by atoms with E-state index in [-0.39, 0.29) is 23.0 Å². The molecule has 0 N–H and O–H groups in total. The Morgan fingerprint density at radius 2 is 2.00 bits per heavy atom. The van der Waals surface area contributed by atoms with Crippen LogP contribution < -0.4 is 4.74 Å². The molecular formula is C15H16BrNO4. The Morgan fingerprint density at radius 3 is 2.62 bits per heavy atom. The van der Waals surface area contributed by atoms with Gasteiger partial charge >= 0.3 is 0 Å². The topological polar surface area (TPSA) is 69.4 Å². The van der Waals surface area contributed by atoms with Crippen molar-refractivity contribution >= 4 is 27.4 Å². The second-order valence-electron chi connectivity index (χ2n) is 5.80. The minimum atomic E-state index is -0.445. The quantitative estimate of drug-likeness (QED) is 0.607. The van der Waals surface area contributed by atoms with Gasteiger partial charge < -0.3 is 4.74 Å². The predicted molar refractivity (Wildman–Crippen MR) is 80.4 cm³/mol. The summed E-state index contributed by atoms with van der Waals surface area (Å²) in [6.45, 7) is 0. The summed E-state index contributed by atoms with van der Waals surface area (Å²) in [5, 5.41) is 11.0. The van der Waals surface area contributed by atoms with Crippen LogP contribution in [0.4, 0.5) is 5.69 Å². The molecule has 1 aromatic rings. The summed E-state index contributed by atoms with van der Waals surface area (Å²) in [5.74, 6) is 0.736. The smallest absolute Gasteiger partial charge is 0.287 e. The van der Waals surface area contributed by atoms with E-state index in [9.17, 15) is 14.9 Å². The van der Waals surface area contributed by atoms with E-state index in [0.717, 1.165) is 25.7 Å². The van der Waals surface area contributed by atoms with Gasteiger partial charge in [0.25, 0.3) is 5.69 Å². The molecule has 21 heavy (non-hydrogen) atoms. The molecule has 1 atom stereocenters. The highest BCUT2D eigenvalue weighted by Gasteiger charge is 2.56. The maximum absolute atomic E-state index is 12.1. The van der Waals surface area contributed by atoms with Crippen molar-refractivity contribution in [2.75, 3.05) is 0 Å². The number of hydrogen-bond acceptors (Lipinski definition) is 4. The van der Waals surface area contributed by atoms with E-state index in [1.54, 1.807) is 12.1 Å². The van der Waals surface area contributed by atoms with Crippen LogP contribution in [0, 0.1) is 15.5 Å². The fraction of sp³-hybridized carbons (Fsp3) is 0.533. The minimum Gasteiger partial charge on any atom is -0.487 e. The summed E-state index contributed by atoms with van der Waals surface area (Å²) in [6.07, 6.45) is 5.30. The molecule has 112 valence electrons. The summed E-state index contributed by atoms with van der Waals surface area (Å²) in [7, 11) is 0. The molecule has 0 saturated heterocycles. The third kappa shape index (κ3) is 2.35. The van der Waals surface area contributed by atoms with Gasteiger partial charge in [-0.1, -0.05) is 25.3 Å². The molecule has 2 aliphatic rings. The molecule has 5 nitrogen and oxygen atoms in total. The van der Waals surface area contributed by atoms with Gasteiger partial charge in [0.05, 0.1) is 10.3 Å². The molecule has 2 aliphatic carbocycles. The number of carbonyl (C=O) groups excluding carboxylic acids is 1. The molecule has 0 aliphatic heterocycles. The number of carbonyl (C=O) groups is 1. The van der Waals surface area contributed by atoms with Gasteiger partial charge in [0.15, 0.2) is 0 Å². The Morgan fingerprint density at radius 1 is 1.29 bits per heavy atom. The van der Waals surface area contributed by atoms with Crippen LogP contribution in [0.2, 0.25) is 0 Å².